The molecule has 33 heavy (non-hydrogen) atoms. The van der Waals surface area contributed by atoms with Gasteiger partial charge in [0.1, 0.15) is 0 Å². The summed E-state index contributed by atoms with van der Waals surface area (Å²) < 4.78 is 5.40. The Balaban J connectivity index is 1.71. The number of halogens is 1. The number of amides is 1. The van der Waals surface area contributed by atoms with E-state index in [0.29, 0.717) is 11.1 Å². The first-order valence-corrected chi connectivity index (χ1v) is 10.3. The Hall–Kier alpha value is -4.04. The number of ether oxygens (including phenoxy) is 1. The van der Waals surface area contributed by atoms with Gasteiger partial charge < -0.3 is 10.1 Å². The van der Waals surface area contributed by atoms with Crippen molar-refractivity contribution in [3.05, 3.63) is 105 Å². The van der Waals surface area contributed by atoms with Crippen molar-refractivity contribution in [1.29, 1.82) is 0 Å². The van der Waals surface area contributed by atoms with Gasteiger partial charge in [-0.15, -0.1) is 0 Å². The number of nitro groups is 1. The maximum atomic E-state index is 12.9. The SMILES string of the molecule is O=C(CCC(=O)c1ccccc1)OC(C(=O)Nc1ccc([N+](=O)[O-])cc1Cl)c1ccccc1. The van der Waals surface area contributed by atoms with Crippen LogP contribution < -0.4 is 5.32 Å². The summed E-state index contributed by atoms with van der Waals surface area (Å²) in [5.74, 6) is -1.64. The molecule has 0 aliphatic heterocycles. The fourth-order valence-electron chi connectivity index (χ4n) is 2.99. The second-order valence-electron chi connectivity index (χ2n) is 6.98. The molecule has 9 heteroatoms. The maximum Gasteiger partial charge on any atom is 0.307 e. The fourth-order valence-corrected chi connectivity index (χ4v) is 3.21. The Morgan fingerprint density at radius 3 is 2.18 bits per heavy atom. The summed E-state index contributed by atoms with van der Waals surface area (Å²) in [5, 5.41) is 13.4. The van der Waals surface area contributed by atoms with E-state index in [1.54, 1.807) is 60.7 Å². The van der Waals surface area contributed by atoms with Gasteiger partial charge in [-0.3, -0.25) is 24.5 Å². The molecule has 3 aromatic carbocycles. The molecule has 0 aromatic heterocycles. The molecule has 0 bridgehead atoms. The predicted molar refractivity (Wildman–Crippen MR) is 122 cm³/mol. The van der Waals surface area contributed by atoms with Crippen LogP contribution in [-0.4, -0.2) is 22.6 Å². The van der Waals surface area contributed by atoms with E-state index in [0.717, 1.165) is 6.07 Å². The first-order valence-electron chi connectivity index (χ1n) is 9.92. The van der Waals surface area contributed by atoms with Gasteiger partial charge in [0.2, 0.25) is 6.10 Å². The summed E-state index contributed by atoms with van der Waals surface area (Å²) in [6, 6.07) is 20.5. The lowest BCUT2D eigenvalue weighted by atomic mass is 10.1. The number of non-ortho nitro benzene ring substituents is 1. The van der Waals surface area contributed by atoms with E-state index in [4.69, 9.17) is 16.3 Å². The molecule has 0 aliphatic rings. The van der Waals surface area contributed by atoms with E-state index in [9.17, 15) is 24.5 Å². The number of rotatable bonds is 9. The lowest BCUT2D eigenvalue weighted by Crippen LogP contribution is -2.26. The fraction of sp³-hybridized carbons (Fsp3) is 0.125. The van der Waals surface area contributed by atoms with Crippen molar-refractivity contribution in [3.63, 3.8) is 0 Å². The zero-order valence-electron chi connectivity index (χ0n) is 17.3. The summed E-state index contributed by atoms with van der Waals surface area (Å²) in [6.45, 7) is 0. The van der Waals surface area contributed by atoms with Gasteiger partial charge in [0.05, 0.1) is 22.1 Å². The minimum absolute atomic E-state index is 0.0378. The Labute approximate surface area is 194 Å². The van der Waals surface area contributed by atoms with Crippen molar-refractivity contribution in [1.82, 2.24) is 0 Å². The number of carbonyl (C=O) groups is 3. The van der Waals surface area contributed by atoms with Crippen molar-refractivity contribution in [2.24, 2.45) is 0 Å². The zero-order chi connectivity index (χ0) is 23.8. The van der Waals surface area contributed by atoms with Crippen LogP contribution in [0.15, 0.2) is 78.9 Å². The lowest BCUT2D eigenvalue weighted by Gasteiger charge is -2.18. The van der Waals surface area contributed by atoms with Gasteiger partial charge in [0.25, 0.3) is 11.6 Å². The minimum Gasteiger partial charge on any atom is -0.447 e. The number of hydrogen-bond acceptors (Lipinski definition) is 6. The zero-order valence-corrected chi connectivity index (χ0v) is 18.0. The molecule has 3 rings (SSSR count). The van der Waals surface area contributed by atoms with Crippen LogP contribution in [0.4, 0.5) is 11.4 Å². The van der Waals surface area contributed by atoms with E-state index >= 15 is 0 Å². The number of nitro benzene ring substituents is 1. The van der Waals surface area contributed by atoms with Crippen LogP contribution in [0.3, 0.4) is 0 Å². The molecule has 168 valence electrons. The Morgan fingerprint density at radius 1 is 0.939 bits per heavy atom. The molecule has 0 spiro atoms. The third-order valence-corrected chi connectivity index (χ3v) is 4.98. The Kier molecular flexibility index (Phi) is 7.88. The number of carbonyl (C=O) groups excluding carboxylic acids is 3. The van der Waals surface area contributed by atoms with Crippen LogP contribution in [0.1, 0.15) is 34.9 Å². The summed E-state index contributed by atoms with van der Waals surface area (Å²) in [7, 11) is 0. The normalized spacial score (nSPS) is 11.3. The monoisotopic (exact) mass is 466 g/mol. The Morgan fingerprint density at radius 2 is 1.58 bits per heavy atom. The van der Waals surface area contributed by atoms with Crippen molar-refractivity contribution in [2.45, 2.75) is 18.9 Å². The number of esters is 1. The highest BCUT2D eigenvalue weighted by Crippen LogP contribution is 2.28. The van der Waals surface area contributed by atoms with Crippen molar-refractivity contribution in [3.8, 4) is 0 Å². The van der Waals surface area contributed by atoms with E-state index < -0.39 is 22.9 Å². The number of Topliss-reactive ketones (excluding diaryl/α,β-unsaturated/α-hetero) is 1. The highest BCUT2D eigenvalue weighted by atomic mass is 35.5. The van der Waals surface area contributed by atoms with Gasteiger partial charge >= 0.3 is 5.97 Å². The maximum absolute atomic E-state index is 12.9. The summed E-state index contributed by atoms with van der Waals surface area (Å²) in [6.07, 6.45) is -1.58. The quantitative estimate of drug-likeness (QED) is 0.202. The van der Waals surface area contributed by atoms with Crippen LogP contribution in [0.5, 0.6) is 0 Å². The average molecular weight is 467 g/mol. The molecule has 1 unspecified atom stereocenters. The Bertz CT molecular complexity index is 1170. The lowest BCUT2D eigenvalue weighted by molar-refractivity contribution is -0.384. The average Bonchev–Trinajstić information content (AvgIpc) is 2.83. The van der Waals surface area contributed by atoms with Crippen LogP contribution >= 0.6 is 11.6 Å². The smallest absolute Gasteiger partial charge is 0.307 e. The van der Waals surface area contributed by atoms with Crippen molar-refractivity contribution < 1.29 is 24.0 Å². The van der Waals surface area contributed by atoms with Gasteiger partial charge in [-0.2, -0.15) is 0 Å². The minimum atomic E-state index is -1.31. The van der Waals surface area contributed by atoms with E-state index in [1.807, 2.05) is 0 Å². The molecule has 0 fully saturated rings. The number of benzene rings is 3. The number of anilines is 1. The number of hydrogen-bond donors (Lipinski definition) is 1. The topological polar surface area (TPSA) is 116 Å². The third-order valence-electron chi connectivity index (χ3n) is 4.66. The van der Waals surface area contributed by atoms with E-state index in [1.165, 1.54) is 12.1 Å². The first-order chi connectivity index (χ1) is 15.8. The first kappa shape index (κ1) is 23.6. The van der Waals surface area contributed by atoms with Gasteiger partial charge in [0.15, 0.2) is 5.78 Å². The molecule has 0 aliphatic carbocycles. The molecule has 0 heterocycles. The predicted octanol–water partition coefficient (Wildman–Crippen LogP) is 5.13. The number of nitrogens with one attached hydrogen (secondary N) is 1. The van der Waals surface area contributed by atoms with Crippen molar-refractivity contribution >= 4 is 40.6 Å². The van der Waals surface area contributed by atoms with Crippen LogP contribution in [0.2, 0.25) is 5.02 Å². The number of ketones is 1. The van der Waals surface area contributed by atoms with Crippen LogP contribution in [0.25, 0.3) is 0 Å². The number of nitrogens with zero attached hydrogens (tertiary/aromatic N) is 1. The highest BCUT2D eigenvalue weighted by molar-refractivity contribution is 6.34. The second-order valence-corrected chi connectivity index (χ2v) is 7.39. The van der Waals surface area contributed by atoms with E-state index in [2.05, 4.69) is 5.32 Å². The molecule has 1 atom stereocenters. The summed E-state index contributed by atoms with van der Waals surface area (Å²) in [4.78, 5) is 47.9. The molecule has 0 radical (unpaired) electrons. The van der Waals surface area contributed by atoms with Gasteiger partial charge in [-0.05, 0) is 6.07 Å². The van der Waals surface area contributed by atoms with Crippen LogP contribution in [-0.2, 0) is 14.3 Å². The van der Waals surface area contributed by atoms with Gasteiger partial charge in [0, 0.05) is 29.7 Å². The van der Waals surface area contributed by atoms with E-state index in [-0.39, 0.29) is 35.0 Å². The highest BCUT2D eigenvalue weighted by Gasteiger charge is 2.26. The molecule has 8 nitrogen and oxygen atoms in total. The molecular weight excluding hydrogens is 448 g/mol. The van der Waals surface area contributed by atoms with Crippen LogP contribution in [0, 0.1) is 10.1 Å². The molecule has 0 saturated carbocycles. The summed E-state index contributed by atoms with van der Waals surface area (Å²) >= 11 is 6.05. The van der Waals surface area contributed by atoms with Gasteiger partial charge in [-0.1, -0.05) is 72.3 Å². The standard InChI is InChI=1S/C24H19ClN2O6/c25-19-15-18(27(31)32)11-12-20(19)26-24(30)23(17-9-5-2-6-10-17)33-22(29)14-13-21(28)16-7-3-1-4-8-16/h1-12,15,23H,13-14H2,(H,26,30). The van der Waals surface area contributed by atoms with Crippen molar-refractivity contribution in [2.75, 3.05) is 5.32 Å². The largest absolute Gasteiger partial charge is 0.447 e. The van der Waals surface area contributed by atoms with Gasteiger partial charge in [-0.25, -0.2) is 0 Å². The molecule has 0 saturated heterocycles. The molecule has 1 N–H and O–H groups in total. The molecular formula is C24H19ClN2O6. The molecule has 1 amide bonds. The molecule has 3 aromatic rings. The second kappa shape index (κ2) is 11.0. The third kappa shape index (κ3) is 6.47. The summed E-state index contributed by atoms with van der Waals surface area (Å²) in [5.41, 5.74) is 0.793.